The molecule has 0 spiro atoms. The maximum atomic E-state index is 11.5. The molecule has 102 valence electrons. The predicted molar refractivity (Wildman–Crippen MR) is 68.5 cm³/mol. The Bertz CT molecular complexity index is 477. The number of hydrogen-bond donors (Lipinski definition) is 1. The highest BCUT2D eigenvalue weighted by atomic mass is 32.2. The van der Waals surface area contributed by atoms with E-state index in [4.69, 9.17) is 14.4 Å². The molecule has 2 bridgehead atoms. The molecule has 3 saturated carbocycles. The van der Waals surface area contributed by atoms with Gasteiger partial charge in [-0.1, -0.05) is 0 Å². The summed E-state index contributed by atoms with van der Waals surface area (Å²) in [7, 11) is -3.74. The third kappa shape index (κ3) is 1.31. The number of sulfonamides is 1. The number of rotatable bonds is 2. The summed E-state index contributed by atoms with van der Waals surface area (Å²) in [6.45, 7) is 8.03. The van der Waals surface area contributed by atoms with Gasteiger partial charge in [-0.15, -0.1) is 0 Å². The minimum Gasteiger partial charge on any atom is -0.403 e. The van der Waals surface area contributed by atoms with E-state index in [1.54, 1.807) is 0 Å². The maximum Gasteiger partial charge on any atom is 0.464 e. The van der Waals surface area contributed by atoms with Gasteiger partial charge in [0.1, 0.15) is 0 Å². The molecule has 0 aromatic heterocycles. The Hall–Kier alpha value is -0.105. The molecule has 1 heterocycles. The second kappa shape index (κ2) is 2.97. The van der Waals surface area contributed by atoms with Gasteiger partial charge in [0.15, 0.2) is 0 Å². The van der Waals surface area contributed by atoms with E-state index in [1.807, 2.05) is 27.7 Å². The molecule has 0 aromatic rings. The van der Waals surface area contributed by atoms with Crippen LogP contribution < -0.4 is 5.14 Å². The fourth-order valence-corrected chi connectivity index (χ4v) is 4.88. The van der Waals surface area contributed by atoms with Gasteiger partial charge < -0.3 is 9.31 Å². The van der Waals surface area contributed by atoms with Crippen molar-refractivity contribution in [2.24, 2.45) is 5.14 Å². The first kappa shape index (κ1) is 12.9. The summed E-state index contributed by atoms with van der Waals surface area (Å²) in [4.78, 5) is 0. The van der Waals surface area contributed by atoms with Crippen molar-refractivity contribution in [3.63, 3.8) is 0 Å². The van der Waals surface area contributed by atoms with E-state index < -0.39 is 14.8 Å². The van der Waals surface area contributed by atoms with Gasteiger partial charge in [0.25, 0.3) is 0 Å². The third-order valence-electron chi connectivity index (χ3n) is 5.38. The Morgan fingerprint density at radius 1 is 1.00 bits per heavy atom. The molecule has 0 amide bonds. The molecule has 1 saturated heterocycles. The summed E-state index contributed by atoms with van der Waals surface area (Å²) in [5.41, 5.74) is -0.719. The van der Waals surface area contributed by atoms with Gasteiger partial charge in [-0.3, -0.25) is 0 Å². The molecule has 4 aliphatic rings. The van der Waals surface area contributed by atoms with Crippen LogP contribution in [-0.4, -0.2) is 31.5 Å². The lowest BCUT2D eigenvalue weighted by molar-refractivity contribution is 0.00578. The molecule has 4 rings (SSSR count). The quantitative estimate of drug-likeness (QED) is 0.762. The summed E-state index contributed by atoms with van der Waals surface area (Å²) >= 11 is 0. The first-order valence-corrected chi connectivity index (χ1v) is 7.86. The molecular weight excluding hydrogens is 253 g/mol. The van der Waals surface area contributed by atoms with E-state index in [0.717, 1.165) is 0 Å². The Kier molecular flexibility index (Phi) is 2.13. The minimum atomic E-state index is -3.44. The van der Waals surface area contributed by atoms with Crippen LogP contribution in [0, 0.1) is 0 Å². The molecule has 3 aliphatic carbocycles. The fourth-order valence-electron chi connectivity index (χ4n) is 3.41. The summed E-state index contributed by atoms with van der Waals surface area (Å²) < 4.78 is 34.3. The van der Waals surface area contributed by atoms with Crippen LogP contribution in [0.1, 0.15) is 47.0 Å². The van der Waals surface area contributed by atoms with Gasteiger partial charge in [0.2, 0.25) is 10.0 Å². The van der Waals surface area contributed by atoms with Crippen LogP contribution in [0.25, 0.3) is 0 Å². The number of primary sulfonamides is 1. The van der Waals surface area contributed by atoms with Crippen LogP contribution in [0.3, 0.4) is 0 Å². The highest BCUT2D eigenvalue weighted by Crippen LogP contribution is 2.78. The fraction of sp³-hybridized carbons (Fsp3) is 1.00. The summed E-state index contributed by atoms with van der Waals surface area (Å²) in [5.74, 6) is 0. The highest BCUT2D eigenvalue weighted by Gasteiger charge is 2.80. The number of nitrogens with two attached hydrogens (primary N) is 1. The van der Waals surface area contributed by atoms with Crippen molar-refractivity contribution < 1.29 is 17.7 Å². The van der Waals surface area contributed by atoms with Crippen LogP contribution in [0.4, 0.5) is 0 Å². The van der Waals surface area contributed by atoms with Crippen LogP contribution >= 0.6 is 0 Å². The molecule has 1 aliphatic heterocycles. The van der Waals surface area contributed by atoms with Crippen molar-refractivity contribution in [2.75, 3.05) is 0 Å². The van der Waals surface area contributed by atoms with Crippen molar-refractivity contribution in [3.05, 3.63) is 0 Å². The third-order valence-corrected chi connectivity index (χ3v) is 7.02. The topological polar surface area (TPSA) is 78.6 Å². The van der Waals surface area contributed by atoms with Crippen LogP contribution in [0.2, 0.25) is 5.31 Å². The van der Waals surface area contributed by atoms with Crippen LogP contribution in [0.15, 0.2) is 0 Å². The monoisotopic (exact) mass is 273 g/mol. The molecular formula is C11H20BNO4S. The Morgan fingerprint density at radius 2 is 1.39 bits per heavy atom. The average molecular weight is 273 g/mol. The van der Waals surface area contributed by atoms with E-state index in [9.17, 15) is 8.42 Å². The van der Waals surface area contributed by atoms with Gasteiger partial charge >= 0.3 is 7.12 Å². The lowest BCUT2D eigenvalue weighted by atomic mass is 9.30. The average Bonchev–Trinajstić information content (AvgIpc) is 2.10. The molecule has 4 fully saturated rings. The normalized spacial score (nSPS) is 44.4. The molecule has 7 heteroatoms. The van der Waals surface area contributed by atoms with Gasteiger partial charge in [0.05, 0.1) is 15.9 Å². The molecule has 2 N–H and O–H groups in total. The zero-order valence-electron chi connectivity index (χ0n) is 11.3. The standard InChI is InChI=1S/C11H20BNO4S/c1-8(2)9(3,4)17-12(16-8)10-5-11(6-10,7-10)18(13,14)15/h5-7H2,1-4H3,(H2,13,14,15). The van der Waals surface area contributed by atoms with Crippen molar-refractivity contribution in [1.82, 2.24) is 0 Å². The van der Waals surface area contributed by atoms with Crippen LogP contribution in [-0.2, 0) is 19.3 Å². The SMILES string of the molecule is CC1(C)OB(C23CC(S(N)(=O)=O)(C2)C3)OC1(C)C. The maximum absolute atomic E-state index is 11.5. The Morgan fingerprint density at radius 3 is 1.72 bits per heavy atom. The zero-order valence-corrected chi connectivity index (χ0v) is 12.1. The summed E-state index contributed by atoms with van der Waals surface area (Å²) in [6.07, 6.45) is 1.74. The summed E-state index contributed by atoms with van der Waals surface area (Å²) in [6, 6.07) is 0. The lowest BCUT2D eigenvalue weighted by Gasteiger charge is -2.68. The lowest BCUT2D eigenvalue weighted by Crippen LogP contribution is -2.72. The second-order valence-corrected chi connectivity index (χ2v) is 9.17. The second-order valence-electron chi connectivity index (χ2n) is 7.21. The molecule has 5 nitrogen and oxygen atoms in total. The Balaban J connectivity index is 1.76. The van der Waals surface area contributed by atoms with E-state index >= 15 is 0 Å². The summed E-state index contributed by atoms with van der Waals surface area (Å²) in [5, 5.41) is 5.14. The van der Waals surface area contributed by atoms with Crippen molar-refractivity contribution in [2.45, 2.75) is 68.2 Å². The van der Waals surface area contributed by atoms with Gasteiger partial charge in [0, 0.05) is 5.31 Å². The molecule has 18 heavy (non-hydrogen) atoms. The molecule has 0 unspecified atom stereocenters. The minimum absolute atomic E-state index is 0.127. The van der Waals surface area contributed by atoms with E-state index in [2.05, 4.69) is 0 Å². The number of hydrogen-bond acceptors (Lipinski definition) is 4. The van der Waals surface area contributed by atoms with Crippen molar-refractivity contribution in [1.29, 1.82) is 0 Å². The first-order valence-electron chi connectivity index (χ1n) is 6.31. The van der Waals surface area contributed by atoms with Crippen molar-refractivity contribution in [3.8, 4) is 0 Å². The van der Waals surface area contributed by atoms with E-state index in [1.165, 1.54) is 0 Å². The van der Waals surface area contributed by atoms with Gasteiger partial charge in [-0.2, -0.15) is 0 Å². The smallest absolute Gasteiger partial charge is 0.403 e. The van der Waals surface area contributed by atoms with Crippen molar-refractivity contribution >= 4 is 17.1 Å². The van der Waals surface area contributed by atoms with Crippen LogP contribution in [0.5, 0.6) is 0 Å². The van der Waals surface area contributed by atoms with E-state index in [-0.39, 0.29) is 23.6 Å². The van der Waals surface area contributed by atoms with E-state index in [0.29, 0.717) is 19.3 Å². The zero-order chi connectivity index (χ0) is 13.6. The predicted octanol–water partition coefficient (Wildman–Crippen LogP) is 1.04. The molecule has 0 atom stereocenters. The van der Waals surface area contributed by atoms with Gasteiger partial charge in [-0.25, -0.2) is 13.6 Å². The first-order chi connectivity index (χ1) is 7.93. The van der Waals surface area contributed by atoms with Gasteiger partial charge in [-0.05, 0) is 47.0 Å². The molecule has 0 aromatic carbocycles. The Labute approximate surface area is 109 Å². The highest BCUT2D eigenvalue weighted by molar-refractivity contribution is 7.90. The largest absolute Gasteiger partial charge is 0.464 e. The molecule has 0 radical (unpaired) electrons.